The summed E-state index contributed by atoms with van der Waals surface area (Å²) in [5.41, 5.74) is 7.23. The van der Waals surface area contributed by atoms with E-state index in [1.807, 2.05) is 31.2 Å². The average Bonchev–Trinajstić information content (AvgIpc) is 2.42. The van der Waals surface area contributed by atoms with Gasteiger partial charge in [-0.3, -0.25) is 9.78 Å². The molecule has 3 N–H and O–H groups in total. The molecule has 100 valence electrons. The molecule has 0 bridgehead atoms. The van der Waals surface area contributed by atoms with Crippen LogP contribution in [0.1, 0.15) is 30.1 Å². The van der Waals surface area contributed by atoms with Gasteiger partial charge in [-0.2, -0.15) is 0 Å². The predicted octanol–water partition coefficient (Wildman–Crippen LogP) is 2.09. The van der Waals surface area contributed by atoms with E-state index in [9.17, 15) is 4.79 Å². The van der Waals surface area contributed by atoms with E-state index in [-0.39, 0.29) is 11.9 Å². The van der Waals surface area contributed by atoms with Gasteiger partial charge in [-0.15, -0.1) is 0 Å². The Morgan fingerprint density at radius 3 is 3.05 bits per heavy atom. The number of hydrogen-bond acceptors (Lipinski definition) is 3. The highest BCUT2D eigenvalue weighted by Gasteiger charge is 2.06. The number of benzene rings is 1. The molecule has 4 heteroatoms. The summed E-state index contributed by atoms with van der Waals surface area (Å²) in [4.78, 5) is 16.2. The lowest BCUT2D eigenvalue weighted by molar-refractivity contribution is 0.0953. The molecule has 0 aliphatic carbocycles. The topological polar surface area (TPSA) is 68.0 Å². The van der Waals surface area contributed by atoms with E-state index in [2.05, 4.69) is 10.3 Å². The predicted molar refractivity (Wildman–Crippen MR) is 77.0 cm³/mol. The standard InChI is InChI=1S/C15H19N3O/c1-11(16)4-2-9-18-15(19)13-6-7-14-12(10-13)5-3-8-17-14/h3,5-8,10-11H,2,4,9,16H2,1H3,(H,18,19). The molecular weight excluding hydrogens is 238 g/mol. The van der Waals surface area contributed by atoms with Gasteiger partial charge in [0.05, 0.1) is 5.52 Å². The molecule has 0 fully saturated rings. The number of fused-ring (bicyclic) bond motifs is 1. The maximum Gasteiger partial charge on any atom is 0.251 e. The number of carbonyl (C=O) groups excluding carboxylic acids is 1. The lowest BCUT2D eigenvalue weighted by Gasteiger charge is -2.07. The van der Waals surface area contributed by atoms with E-state index in [1.165, 1.54) is 0 Å². The highest BCUT2D eigenvalue weighted by Crippen LogP contribution is 2.13. The minimum Gasteiger partial charge on any atom is -0.352 e. The number of hydrogen-bond donors (Lipinski definition) is 2. The number of nitrogens with two attached hydrogens (primary N) is 1. The van der Waals surface area contributed by atoms with Crippen LogP contribution >= 0.6 is 0 Å². The molecule has 1 aromatic carbocycles. The number of rotatable bonds is 5. The molecule has 0 spiro atoms. The van der Waals surface area contributed by atoms with Crippen molar-refractivity contribution in [1.82, 2.24) is 10.3 Å². The molecule has 2 aromatic rings. The normalized spacial score (nSPS) is 12.3. The summed E-state index contributed by atoms with van der Waals surface area (Å²) in [6.07, 6.45) is 3.57. The molecule has 0 saturated heterocycles. The van der Waals surface area contributed by atoms with E-state index in [4.69, 9.17) is 5.73 Å². The van der Waals surface area contributed by atoms with Gasteiger partial charge in [0.25, 0.3) is 5.91 Å². The average molecular weight is 257 g/mol. The van der Waals surface area contributed by atoms with Crippen LogP contribution in [-0.4, -0.2) is 23.5 Å². The summed E-state index contributed by atoms with van der Waals surface area (Å²) >= 11 is 0. The van der Waals surface area contributed by atoms with Crippen LogP contribution in [0.3, 0.4) is 0 Å². The molecule has 2 rings (SSSR count). The molecule has 1 atom stereocenters. The Balaban J connectivity index is 1.97. The van der Waals surface area contributed by atoms with Crippen LogP contribution in [0.2, 0.25) is 0 Å². The van der Waals surface area contributed by atoms with Crippen molar-refractivity contribution in [1.29, 1.82) is 0 Å². The Bertz CT molecular complexity index is 566. The Labute approximate surface area is 113 Å². The zero-order valence-corrected chi connectivity index (χ0v) is 11.1. The van der Waals surface area contributed by atoms with Crippen molar-refractivity contribution in [2.75, 3.05) is 6.54 Å². The zero-order valence-electron chi connectivity index (χ0n) is 11.1. The Hall–Kier alpha value is -1.94. The lowest BCUT2D eigenvalue weighted by Crippen LogP contribution is -2.26. The third kappa shape index (κ3) is 3.76. The highest BCUT2D eigenvalue weighted by molar-refractivity contribution is 5.97. The second kappa shape index (κ2) is 6.29. The lowest BCUT2D eigenvalue weighted by atomic mass is 10.1. The minimum absolute atomic E-state index is 0.0459. The first-order valence-electron chi connectivity index (χ1n) is 6.55. The number of pyridine rings is 1. The maximum atomic E-state index is 12.0. The largest absolute Gasteiger partial charge is 0.352 e. The highest BCUT2D eigenvalue weighted by atomic mass is 16.1. The second-order valence-electron chi connectivity index (χ2n) is 4.79. The van der Waals surface area contributed by atoms with Crippen LogP contribution in [0, 0.1) is 0 Å². The number of aromatic nitrogens is 1. The molecule has 1 unspecified atom stereocenters. The van der Waals surface area contributed by atoms with Crippen LogP contribution in [0.25, 0.3) is 10.9 Å². The Morgan fingerprint density at radius 1 is 1.42 bits per heavy atom. The van der Waals surface area contributed by atoms with Gasteiger partial charge in [-0.25, -0.2) is 0 Å². The van der Waals surface area contributed by atoms with Gasteiger partial charge in [0.2, 0.25) is 0 Å². The van der Waals surface area contributed by atoms with Gasteiger partial charge in [-0.1, -0.05) is 6.07 Å². The third-order valence-corrected chi connectivity index (χ3v) is 2.99. The van der Waals surface area contributed by atoms with Crippen molar-refractivity contribution in [3.05, 3.63) is 42.1 Å². The van der Waals surface area contributed by atoms with E-state index in [0.717, 1.165) is 23.7 Å². The number of nitrogens with zero attached hydrogens (tertiary/aromatic N) is 1. The monoisotopic (exact) mass is 257 g/mol. The number of nitrogens with one attached hydrogen (secondary N) is 1. The van der Waals surface area contributed by atoms with Crippen molar-refractivity contribution in [3.8, 4) is 0 Å². The molecule has 0 aliphatic heterocycles. The van der Waals surface area contributed by atoms with Crippen LogP contribution in [0.4, 0.5) is 0 Å². The fraction of sp³-hybridized carbons (Fsp3) is 0.333. The van der Waals surface area contributed by atoms with Crippen LogP contribution < -0.4 is 11.1 Å². The molecule has 0 radical (unpaired) electrons. The minimum atomic E-state index is -0.0459. The fourth-order valence-corrected chi connectivity index (χ4v) is 1.94. The molecule has 1 amide bonds. The first-order chi connectivity index (χ1) is 9.16. The van der Waals surface area contributed by atoms with Gasteiger partial charge in [0.1, 0.15) is 0 Å². The number of carbonyl (C=O) groups is 1. The summed E-state index contributed by atoms with van der Waals surface area (Å²) in [5.74, 6) is -0.0459. The summed E-state index contributed by atoms with van der Waals surface area (Å²) in [5, 5.41) is 3.88. The second-order valence-corrected chi connectivity index (χ2v) is 4.79. The van der Waals surface area contributed by atoms with Gasteiger partial charge in [0, 0.05) is 29.7 Å². The summed E-state index contributed by atoms with van der Waals surface area (Å²) < 4.78 is 0. The molecule has 4 nitrogen and oxygen atoms in total. The first kappa shape index (κ1) is 13.5. The van der Waals surface area contributed by atoms with Crippen molar-refractivity contribution in [2.45, 2.75) is 25.8 Å². The van der Waals surface area contributed by atoms with Crippen LogP contribution in [0.5, 0.6) is 0 Å². The van der Waals surface area contributed by atoms with E-state index >= 15 is 0 Å². The first-order valence-corrected chi connectivity index (χ1v) is 6.55. The van der Waals surface area contributed by atoms with Gasteiger partial charge >= 0.3 is 0 Å². The SMILES string of the molecule is CC(N)CCCNC(=O)c1ccc2ncccc2c1. The Morgan fingerprint density at radius 2 is 2.26 bits per heavy atom. The third-order valence-electron chi connectivity index (χ3n) is 2.99. The molecule has 19 heavy (non-hydrogen) atoms. The van der Waals surface area contributed by atoms with Crippen molar-refractivity contribution in [3.63, 3.8) is 0 Å². The molecule has 0 aliphatic rings. The van der Waals surface area contributed by atoms with E-state index in [1.54, 1.807) is 12.3 Å². The van der Waals surface area contributed by atoms with Crippen LogP contribution in [0.15, 0.2) is 36.5 Å². The molecular formula is C15H19N3O. The van der Waals surface area contributed by atoms with E-state index < -0.39 is 0 Å². The fourth-order valence-electron chi connectivity index (χ4n) is 1.94. The smallest absolute Gasteiger partial charge is 0.251 e. The van der Waals surface area contributed by atoms with Gasteiger partial charge < -0.3 is 11.1 Å². The molecule has 1 aromatic heterocycles. The van der Waals surface area contributed by atoms with Crippen LogP contribution in [-0.2, 0) is 0 Å². The summed E-state index contributed by atoms with van der Waals surface area (Å²) in [6, 6.07) is 9.54. The van der Waals surface area contributed by atoms with Crippen molar-refractivity contribution in [2.24, 2.45) is 5.73 Å². The maximum absolute atomic E-state index is 12.0. The molecule has 0 saturated carbocycles. The Kier molecular flexibility index (Phi) is 4.47. The van der Waals surface area contributed by atoms with E-state index in [0.29, 0.717) is 12.1 Å². The quantitative estimate of drug-likeness (QED) is 0.806. The van der Waals surface area contributed by atoms with Crippen molar-refractivity contribution < 1.29 is 4.79 Å². The van der Waals surface area contributed by atoms with Gasteiger partial charge in [0.15, 0.2) is 0 Å². The number of amides is 1. The van der Waals surface area contributed by atoms with Crippen molar-refractivity contribution >= 4 is 16.8 Å². The zero-order chi connectivity index (χ0) is 13.7. The van der Waals surface area contributed by atoms with Gasteiger partial charge in [-0.05, 0) is 44.0 Å². The summed E-state index contributed by atoms with van der Waals surface area (Å²) in [7, 11) is 0. The molecule has 1 heterocycles. The summed E-state index contributed by atoms with van der Waals surface area (Å²) in [6.45, 7) is 2.63.